The van der Waals surface area contributed by atoms with Crippen LogP contribution >= 0.6 is 0 Å². The van der Waals surface area contributed by atoms with Crippen LogP contribution in [0.3, 0.4) is 0 Å². The zero-order valence-corrected chi connectivity index (χ0v) is 10.3. The van der Waals surface area contributed by atoms with Gasteiger partial charge in [-0.05, 0) is 43.8 Å². The van der Waals surface area contributed by atoms with Crippen LogP contribution in [-0.2, 0) is 19.6 Å². The van der Waals surface area contributed by atoms with Crippen molar-refractivity contribution in [2.45, 2.75) is 12.6 Å². The maximum atomic E-state index is 12.7. The number of hydrogen-bond donors (Lipinski definition) is 1. The predicted octanol–water partition coefficient (Wildman–Crippen LogP) is 2.96. The molecule has 0 aliphatic carbocycles. The molecule has 2 aromatic rings. The number of aryl methyl sites for hydroxylation is 1. The third-order valence-corrected chi connectivity index (χ3v) is 3.04. The van der Waals surface area contributed by atoms with Crippen molar-refractivity contribution in [3.05, 3.63) is 35.5 Å². The molecule has 0 aliphatic rings. The van der Waals surface area contributed by atoms with Crippen molar-refractivity contribution >= 4 is 10.9 Å². The molecular formula is C13H15F3N2. The maximum absolute atomic E-state index is 12.7. The summed E-state index contributed by atoms with van der Waals surface area (Å²) in [5.41, 5.74) is 1.17. The summed E-state index contributed by atoms with van der Waals surface area (Å²) in [4.78, 5) is 0. The van der Waals surface area contributed by atoms with Crippen LogP contribution in [0.1, 0.15) is 11.1 Å². The predicted molar refractivity (Wildman–Crippen MR) is 65.6 cm³/mol. The van der Waals surface area contributed by atoms with Crippen molar-refractivity contribution in [1.29, 1.82) is 0 Å². The Bertz CT molecular complexity index is 555. The number of benzene rings is 1. The third kappa shape index (κ3) is 2.36. The van der Waals surface area contributed by atoms with Gasteiger partial charge in [-0.25, -0.2) is 0 Å². The lowest BCUT2D eigenvalue weighted by atomic mass is 10.1. The summed E-state index contributed by atoms with van der Waals surface area (Å²) in [5.74, 6) is 0. The zero-order chi connectivity index (χ0) is 13.3. The fraction of sp³-hybridized carbons (Fsp3) is 0.385. The van der Waals surface area contributed by atoms with Crippen molar-refractivity contribution in [2.24, 2.45) is 7.05 Å². The summed E-state index contributed by atoms with van der Waals surface area (Å²) in [5, 5.41) is 3.69. The number of fused-ring (bicyclic) bond motifs is 1. The van der Waals surface area contributed by atoms with Gasteiger partial charge in [0.25, 0.3) is 0 Å². The van der Waals surface area contributed by atoms with E-state index >= 15 is 0 Å². The fourth-order valence-electron chi connectivity index (χ4n) is 2.11. The maximum Gasteiger partial charge on any atom is 0.416 e. The van der Waals surface area contributed by atoms with Crippen molar-refractivity contribution in [3.8, 4) is 0 Å². The molecule has 0 saturated heterocycles. The minimum atomic E-state index is -4.29. The van der Waals surface area contributed by atoms with Crippen LogP contribution in [0.5, 0.6) is 0 Å². The number of rotatable bonds is 3. The van der Waals surface area contributed by atoms with E-state index in [1.165, 1.54) is 12.1 Å². The van der Waals surface area contributed by atoms with Gasteiger partial charge < -0.3 is 9.88 Å². The van der Waals surface area contributed by atoms with Gasteiger partial charge in [0.1, 0.15) is 0 Å². The Morgan fingerprint density at radius 3 is 2.61 bits per heavy atom. The van der Waals surface area contributed by atoms with Gasteiger partial charge in [0.2, 0.25) is 0 Å². The summed E-state index contributed by atoms with van der Waals surface area (Å²) in [7, 11) is 3.67. The Hall–Kier alpha value is -1.49. The highest BCUT2D eigenvalue weighted by Gasteiger charge is 2.30. The molecule has 0 saturated carbocycles. The number of nitrogens with zero attached hydrogens (tertiary/aromatic N) is 1. The molecule has 0 radical (unpaired) electrons. The molecule has 0 atom stereocenters. The molecule has 1 aromatic heterocycles. The first-order chi connectivity index (χ1) is 8.43. The van der Waals surface area contributed by atoms with E-state index in [0.29, 0.717) is 5.39 Å². The van der Waals surface area contributed by atoms with E-state index in [0.717, 1.165) is 30.1 Å². The fourth-order valence-corrected chi connectivity index (χ4v) is 2.11. The van der Waals surface area contributed by atoms with Gasteiger partial charge in [-0.15, -0.1) is 0 Å². The van der Waals surface area contributed by atoms with Gasteiger partial charge >= 0.3 is 6.18 Å². The molecular weight excluding hydrogens is 241 g/mol. The molecule has 1 N–H and O–H groups in total. The van der Waals surface area contributed by atoms with Crippen LogP contribution in [0.2, 0.25) is 0 Å². The van der Waals surface area contributed by atoms with E-state index in [1.807, 2.05) is 24.9 Å². The van der Waals surface area contributed by atoms with E-state index in [1.54, 1.807) is 0 Å². The lowest BCUT2D eigenvalue weighted by Crippen LogP contribution is -2.10. The molecule has 5 heteroatoms. The molecule has 0 fully saturated rings. The average Bonchev–Trinajstić information content (AvgIpc) is 2.62. The van der Waals surface area contributed by atoms with Gasteiger partial charge in [0.15, 0.2) is 0 Å². The molecule has 0 unspecified atom stereocenters. The third-order valence-electron chi connectivity index (χ3n) is 3.04. The summed E-state index contributed by atoms with van der Waals surface area (Å²) < 4.78 is 39.9. The Morgan fingerprint density at radius 2 is 2.00 bits per heavy atom. The topological polar surface area (TPSA) is 17.0 Å². The molecule has 2 rings (SSSR count). The normalized spacial score (nSPS) is 12.3. The minimum absolute atomic E-state index is 0.591. The van der Waals surface area contributed by atoms with Crippen molar-refractivity contribution in [3.63, 3.8) is 0 Å². The highest BCUT2D eigenvalue weighted by molar-refractivity contribution is 5.84. The lowest BCUT2D eigenvalue weighted by molar-refractivity contribution is -0.137. The van der Waals surface area contributed by atoms with E-state index < -0.39 is 11.7 Å². The molecule has 0 bridgehead atoms. The standard InChI is InChI=1S/C13H15F3N2/c1-17-6-5-9-8-18(2)12-4-3-10(7-11(9)12)13(14,15)16/h3-4,7-8,17H,5-6H2,1-2H3. The van der Waals surface area contributed by atoms with Gasteiger partial charge in [0, 0.05) is 24.1 Å². The second-order valence-electron chi connectivity index (χ2n) is 4.35. The highest BCUT2D eigenvalue weighted by Crippen LogP contribution is 2.32. The first-order valence-corrected chi connectivity index (χ1v) is 5.73. The highest BCUT2D eigenvalue weighted by atomic mass is 19.4. The molecule has 98 valence electrons. The van der Waals surface area contributed by atoms with E-state index in [9.17, 15) is 13.2 Å². The first kappa shape index (κ1) is 13.0. The van der Waals surface area contributed by atoms with Gasteiger partial charge in [-0.3, -0.25) is 0 Å². The second kappa shape index (κ2) is 4.65. The van der Waals surface area contributed by atoms with E-state index in [4.69, 9.17) is 0 Å². The lowest BCUT2D eigenvalue weighted by Gasteiger charge is -2.07. The monoisotopic (exact) mass is 256 g/mol. The number of alkyl halides is 3. The Kier molecular flexibility index (Phi) is 3.34. The Morgan fingerprint density at radius 1 is 1.28 bits per heavy atom. The summed E-state index contributed by atoms with van der Waals surface area (Å²) in [6.45, 7) is 0.745. The van der Waals surface area contributed by atoms with E-state index in [2.05, 4.69) is 5.32 Å². The molecule has 0 spiro atoms. The number of nitrogens with one attached hydrogen (secondary N) is 1. The molecule has 2 nitrogen and oxygen atoms in total. The van der Waals surface area contributed by atoms with Gasteiger partial charge in [-0.1, -0.05) is 0 Å². The van der Waals surface area contributed by atoms with Crippen LogP contribution in [0.15, 0.2) is 24.4 Å². The van der Waals surface area contributed by atoms with Gasteiger partial charge in [0.05, 0.1) is 5.56 Å². The Balaban J connectivity index is 2.52. The minimum Gasteiger partial charge on any atom is -0.350 e. The van der Waals surface area contributed by atoms with Crippen molar-refractivity contribution in [2.75, 3.05) is 13.6 Å². The molecule has 0 aliphatic heterocycles. The van der Waals surface area contributed by atoms with Crippen molar-refractivity contribution in [1.82, 2.24) is 9.88 Å². The van der Waals surface area contributed by atoms with Crippen LogP contribution in [0.4, 0.5) is 13.2 Å². The zero-order valence-electron chi connectivity index (χ0n) is 10.3. The summed E-state index contributed by atoms with van der Waals surface area (Å²) >= 11 is 0. The molecule has 18 heavy (non-hydrogen) atoms. The number of hydrogen-bond acceptors (Lipinski definition) is 1. The first-order valence-electron chi connectivity index (χ1n) is 5.73. The van der Waals surface area contributed by atoms with Crippen LogP contribution in [0.25, 0.3) is 10.9 Å². The Labute approximate surface area is 103 Å². The average molecular weight is 256 g/mol. The number of likely N-dealkylation sites (N-methyl/N-ethyl adjacent to an activating group) is 1. The van der Waals surface area contributed by atoms with Crippen LogP contribution < -0.4 is 5.32 Å². The van der Waals surface area contributed by atoms with Gasteiger partial charge in [-0.2, -0.15) is 13.2 Å². The summed E-state index contributed by atoms with van der Waals surface area (Å²) in [6.07, 6.45) is -1.68. The van der Waals surface area contributed by atoms with Crippen LogP contribution in [0, 0.1) is 0 Å². The number of aromatic nitrogens is 1. The summed E-state index contributed by atoms with van der Waals surface area (Å²) in [6, 6.07) is 3.89. The SMILES string of the molecule is CNCCc1cn(C)c2ccc(C(F)(F)F)cc12. The van der Waals surface area contributed by atoms with Crippen LogP contribution in [-0.4, -0.2) is 18.2 Å². The quantitative estimate of drug-likeness (QED) is 0.893. The smallest absolute Gasteiger partial charge is 0.350 e. The molecule has 1 heterocycles. The van der Waals surface area contributed by atoms with E-state index in [-0.39, 0.29) is 0 Å². The van der Waals surface area contributed by atoms with Crippen molar-refractivity contribution < 1.29 is 13.2 Å². The number of halogens is 3. The largest absolute Gasteiger partial charge is 0.416 e. The molecule has 0 amide bonds. The second-order valence-corrected chi connectivity index (χ2v) is 4.35. The molecule has 1 aromatic carbocycles.